The number of nitrogens with one attached hydrogen (secondary N) is 1. The average Bonchev–Trinajstić information content (AvgIpc) is 2.48. The van der Waals surface area contributed by atoms with Gasteiger partial charge in [0.25, 0.3) is 0 Å². The first-order chi connectivity index (χ1) is 10.1. The number of carbonyl (C=O) groups is 2. The van der Waals surface area contributed by atoms with Crippen LogP contribution < -0.4 is 5.32 Å². The minimum absolute atomic E-state index is 0.135. The molecule has 1 saturated heterocycles. The normalized spacial score (nSPS) is 19.8. The van der Waals surface area contributed by atoms with E-state index in [0.29, 0.717) is 13.2 Å². The SMILES string of the molecule is O=C(O)CC(NC(=O)C1CCCOC1)c1ccc(Br)cc1. The molecule has 1 fully saturated rings. The van der Waals surface area contributed by atoms with E-state index in [1.807, 2.05) is 24.3 Å². The second kappa shape index (κ2) is 7.56. The van der Waals surface area contributed by atoms with Gasteiger partial charge in [-0.2, -0.15) is 0 Å². The van der Waals surface area contributed by atoms with Crippen LogP contribution in [0.3, 0.4) is 0 Å². The van der Waals surface area contributed by atoms with Crippen LogP contribution in [0.15, 0.2) is 28.7 Å². The zero-order chi connectivity index (χ0) is 15.2. The van der Waals surface area contributed by atoms with Crippen LogP contribution in [-0.2, 0) is 14.3 Å². The quantitative estimate of drug-likeness (QED) is 0.850. The highest BCUT2D eigenvalue weighted by molar-refractivity contribution is 9.10. The number of hydrogen-bond acceptors (Lipinski definition) is 3. The van der Waals surface area contributed by atoms with Crippen LogP contribution >= 0.6 is 15.9 Å². The molecule has 1 heterocycles. The van der Waals surface area contributed by atoms with Gasteiger partial charge >= 0.3 is 5.97 Å². The van der Waals surface area contributed by atoms with E-state index < -0.39 is 12.0 Å². The topological polar surface area (TPSA) is 75.6 Å². The Kier molecular flexibility index (Phi) is 5.76. The summed E-state index contributed by atoms with van der Waals surface area (Å²) >= 11 is 3.34. The number of hydrogen-bond donors (Lipinski definition) is 2. The van der Waals surface area contributed by atoms with Crippen molar-refractivity contribution in [1.29, 1.82) is 0 Å². The minimum atomic E-state index is -0.942. The molecule has 114 valence electrons. The van der Waals surface area contributed by atoms with E-state index in [2.05, 4.69) is 21.2 Å². The summed E-state index contributed by atoms with van der Waals surface area (Å²) in [5.74, 6) is -1.27. The Morgan fingerprint density at radius 2 is 2.10 bits per heavy atom. The molecule has 0 aromatic heterocycles. The van der Waals surface area contributed by atoms with Crippen molar-refractivity contribution in [1.82, 2.24) is 5.32 Å². The first-order valence-corrected chi connectivity index (χ1v) is 7.71. The fraction of sp³-hybridized carbons (Fsp3) is 0.467. The van der Waals surface area contributed by atoms with Gasteiger partial charge in [0.05, 0.1) is 25.0 Å². The van der Waals surface area contributed by atoms with Crippen LogP contribution in [0.4, 0.5) is 0 Å². The van der Waals surface area contributed by atoms with Crippen molar-refractivity contribution in [2.75, 3.05) is 13.2 Å². The monoisotopic (exact) mass is 355 g/mol. The third kappa shape index (κ3) is 4.82. The largest absolute Gasteiger partial charge is 0.481 e. The number of rotatable bonds is 5. The van der Waals surface area contributed by atoms with Crippen molar-refractivity contribution in [2.24, 2.45) is 5.92 Å². The van der Waals surface area contributed by atoms with Gasteiger partial charge in [-0.15, -0.1) is 0 Å². The lowest BCUT2D eigenvalue weighted by Crippen LogP contribution is -2.38. The van der Waals surface area contributed by atoms with Gasteiger partial charge in [-0.25, -0.2) is 0 Å². The van der Waals surface area contributed by atoms with Gasteiger partial charge in [0.2, 0.25) is 5.91 Å². The van der Waals surface area contributed by atoms with Crippen LogP contribution in [0, 0.1) is 5.92 Å². The summed E-state index contributed by atoms with van der Waals surface area (Å²) in [6.45, 7) is 1.10. The molecule has 1 aromatic rings. The molecule has 5 nitrogen and oxygen atoms in total. The summed E-state index contributed by atoms with van der Waals surface area (Å²) in [6, 6.07) is 6.77. The zero-order valence-electron chi connectivity index (χ0n) is 11.5. The van der Waals surface area contributed by atoms with Gasteiger partial charge in [-0.05, 0) is 30.5 Å². The zero-order valence-corrected chi connectivity index (χ0v) is 13.1. The lowest BCUT2D eigenvalue weighted by molar-refractivity contribution is -0.138. The Labute approximate surface area is 131 Å². The van der Waals surface area contributed by atoms with E-state index in [1.165, 1.54) is 0 Å². The van der Waals surface area contributed by atoms with E-state index in [4.69, 9.17) is 9.84 Å². The molecule has 2 unspecified atom stereocenters. The molecular weight excluding hydrogens is 338 g/mol. The molecule has 2 atom stereocenters. The Bertz CT molecular complexity index is 497. The summed E-state index contributed by atoms with van der Waals surface area (Å²) in [7, 11) is 0. The summed E-state index contributed by atoms with van der Waals surface area (Å²) in [5.41, 5.74) is 0.783. The smallest absolute Gasteiger partial charge is 0.305 e. The summed E-state index contributed by atoms with van der Waals surface area (Å²) in [4.78, 5) is 23.3. The molecule has 2 N–H and O–H groups in total. The number of carboxylic acids is 1. The summed E-state index contributed by atoms with van der Waals surface area (Å²) in [5, 5.41) is 11.9. The molecular formula is C15H18BrNO4. The fourth-order valence-electron chi connectivity index (χ4n) is 2.36. The second-order valence-electron chi connectivity index (χ2n) is 5.12. The molecule has 0 aliphatic carbocycles. The Balaban J connectivity index is 2.06. The van der Waals surface area contributed by atoms with Gasteiger partial charge in [-0.1, -0.05) is 28.1 Å². The number of amides is 1. The first-order valence-electron chi connectivity index (χ1n) is 6.91. The number of ether oxygens (including phenoxy) is 1. The Hall–Kier alpha value is -1.40. The highest BCUT2D eigenvalue weighted by Gasteiger charge is 2.25. The van der Waals surface area contributed by atoms with Crippen LogP contribution in [0.5, 0.6) is 0 Å². The maximum absolute atomic E-state index is 12.2. The summed E-state index contributed by atoms with van der Waals surface area (Å²) < 4.78 is 6.21. The molecule has 0 radical (unpaired) electrons. The van der Waals surface area contributed by atoms with Gasteiger partial charge < -0.3 is 15.2 Å². The lowest BCUT2D eigenvalue weighted by atomic mass is 9.98. The molecule has 1 aromatic carbocycles. The van der Waals surface area contributed by atoms with Crippen molar-refractivity contribution < 1.29 is 19.4 Å². The Morgan fingerprint density at radius 1 is 1.38 bits per heavy atom. The van der Waals surface area contributed by atoms with E-state index in [1.54, 1.807) is 0 Å². The Morgan fingerprint density at radius 3 is 2.67 bits per heavy atom. The highest BCUT2D eigenvalue weighted by atomic mass is 79.9. The van der Waals surface area contributed by atoms with Crippen LogP contribution in [0.25, 0.3) is 0 Å². The number of aliphatic carboxylic acids is 1. The van der Waals surface area contributed by atoms with Gasteiger partial charge in [0, 0.05) is 11.1 Å². The number of carboxylic acid groups (broad SMARTS) is 1. The molecule has 1 amide bonds. The van der Waals surface area contributed by atoms with E-state index in [0.717, 1.165) is 22.9 Å². The van der Waals surface area contributed by atoms with Gasteiger partial charge in [0.1, 0.15) is 0 Å². The number of halogens is 1. The molecule has 0 saturated carbocycles. The molecule has 0 spiro atoms. The lowest BCUT2D eigenvalue weighted by Gasteiger charge is -2.24. The van der Waals surface area contributed by atoms with Crippen molar-refractivity contribution in [2.45, 2.75) is 25.3 Å². The van der Waals surface area contributed by atoms with Crippen molar-refractivity contribution in [3.8, 4) is 0 Å². The average molecular weight is 356 g/mol. The third-order valence-electron chi connectivity index (χ3n) is 3.50. The van der Waals surface area contributed by atoms with Crippen LogP contribution in [-0.4, -0.2) is 30.2 Å². The fourth-order valence-corrected chi connectivity index (χ4v) is 2.62. The third-order valence-corrected chi connectivity index (χ3v) is 4.03. The molecule has 1 aliphatic heterocycles. The maximum Gasteiger partial charge on any atom is 0.305 e. The van der Waals surface area contributed by atoms with Gasteiger partial charge in [0.15, 0.2) is 0 Å². The van der Waals surface area contributed by atoms with Crippen molar-refractivity contribution >= 4 is 27.8 Å². The standard InChI is InChI=1S/C15H18BrNO4/c16-12-5-3-10(4-6-12)13(8-14(18)19)17-15(20)11-2-1-7-21-9-11/h3-6,11,13H,1-2,7-9H2,(H,17,20)(H,18,19). The van der Waals surface area contributed by atoms with E-state index in [9.17, 15) is 9.59 Å². The number of carbonyl (C=O) groups excluding carboxylic acids is 1. The van der Waals surface area contributed by atoms with E-state index in [-0.39, 0.29) is 18.2 Å². The van der Waals surface area contributed by atoms with Crippen LogP contribution in [0.1, 0.15) is 30.9 Å². The predicted molar refractivity (Wildman–Crippen MR) is 80.8 cm³/mol. The summed E-state index contributed by atoms with van der Waals surface area (Å²) in [6.07, 6.45) is 1.51. The van der Waals surface area contributed by atoms with Crippen LogP contribution in [0.2, 0.25) is 0 Å². The minimum Gasteiger partial charge on any atom is -0.481 e. The molecule has 21 heavy (non-hydrogen) atoms. The van der Waals surface area contributed by atoms with Crippen molar-refractivity contribution in [3.63, 3.8) is 0 Å². The van der Waals surface area contributed by atoms with E-state index >= 15 is 0 Å². The van der Waals surface area contributed by atoms with Crippen molar-refractivity contribution in [3.05, 3.63) is 34.3 Å². The second-order valence-corrected chi connectivity index (χ2v) is 6.04. The highest BCUT2D eigenvalue weighted by Crippen LogP contribution is 2.22. The first kappa shape index (κ1) is 16.0. The molecule has 2 rings (SSSR count). The number of benzene rings is 1. The maximum atomic E-state index is 12.2. The molecule has 0 bridgehead atoms. The molecule has 1 aliphatic rings. The predicted octanol–water partition coefficient (Wildman–Crippen LogP) is 2.51. The molecule has 6 heteroatoms. The van der Waals surface area contributed by atoms with Gasteiger partial charge in [-0.3, -0.25) is 9.59 Å².